The molecule has 6 heteroatoms. The van der Waals surface area contributed by atoms with E-state index in [2.05, 4.69) is 11.1 Å². The fourth-order valence-electron chi connectivity index (χ4n) is 4.38. The number of methoxy groups -OCH3 is 1. The lowest BCUT2D eigenvalue weighted by atomic mass is 9.95. The van der Waals surface area contributed by atoms with Gasteiger partial charge < -0.3 is 14.5 Å². The Bertz CT molecular complexity index is 1120. The monoisotopic (exact) mass is 443 g/mol. The van der Waals surface area contributed by atoms with Gasteiger partial charge in [-0.25, -0.2) is 0 Å². The maximum atomic E-state index is 13.4. The molecule has 2 amide bonds. The maximum Gasteiger partial charge on any atom is 0.257 e. The fourth-order valence-corrected chi connectivity index (χ4v) is 4.38. The van der Waals surface area contributed by atoms with Gasteiger partial charge in [-0.1, -0.05) is 42.5 Å². The van der Waals surface area contributed by atoms with Crippen LogP contribution in [0, 0.1) is 5.92 Å². The second-order valence-electron chi connectivity index (χ2n) is 8.21. The van der Waals surface area contributed by atoms with Crippen LogP contribution in [0.2, 0.25) is 0 Å². The lowest BCUT2D eigenvalue weighted by Gasteiger charge is -2.24. The Hall–Kier alpha value is -3.67. The zero-order chi connectivity index (χ0) is 23.2. The molecule has 0 aliphatic carbocycles. The smallest absolute Gasteiger partial charge is 0.257 e. The Morgan fingerprint density at radius 2 is 1.88 bits per heavy atom. The van der Waals surface area contributed by atoms with E-state index in [9.17, 15) is 9.59 Å². The van der Waals surface area contributed by atoms with Gasteiger partial charge in [0.15, 0.2) is 0 Å². The SMILES string of the molecule is CCN1CCN(C(=O)c2ccccc2OC)CC(Cc2cccc(-c3cccnc3)c2)C1=O. The van der Waals surface area contributed by atoms with Crippen LogP contribution in [0.15, 0.2) is 73.1 Å². The van der Waals surface area contributed by atoms with Crippen molar-refractivity contribution in [2.75, 3.05) is 33.3 Å². The summed E-state index contributed by atoms with van der Waals surface area (Å²) in [6, 6.07) is 19.4. The van der Waals surface area contributed by atoms with E-state index in [1.165, 1.54) is 0 Å². The molecule has 1 aliphatic rings. The van der Waals surface area contributed by atoms with Crippen LogP contribution in [0.1, 0.15) is 22.8 Å². The van der Waals surface area contributed by atoms with Crippen molar-refractivity contribution in [2.24, 2.45) is 5.92 Å². The Balaban J connectivity index is 1.59. The van der Waals surface area contributed by atoms with Crippen LogP contribution in [-0.2, 0) is 11.2 Å². The molecule has 3 aromatic rings. The molecule has 6 nitrogen and oxygen atoms in total. The van der Waals surface area contributed by atoms with Gasteiger partial charge in [-0.3, -0.25) is 14.6 Å². The normalized spacial score (nSPS) is 16.4. The molecule has 0 N–H and O–H groups in total. The highest BCUT2D eigenvalue weighted by molar-refractivity contribution is 5.97. The number of carbonyl (C=O) groups is 2. The summed E-state index contributed by atoms with van der Waals surface area (Å²) in [6.45, 7) is 4.02. The van der Waals surface area contributed by atoms with Gasteiger partial charge in [0.1, 0.15) is 5.75 Å². The predicted octanol–water partition coefficient (Wildman–Crippen LogP) is 3.92. The number of hydrogen-bond acceptors (Lipinski definition) is 4. The molecule has 0 saturated carbocycles. The van der Waals surface area contributed by atoms with Crippen LogP contribution in [-0.4, -0.2) is 59.9 Å². The van der Waals surface area contributed by atoms with E-state index in [-0.39, 0.29) is 17.7 Å². The highest BCUT2D eigenvalue weighted by Crippen LogP contribution is 2.25. The first-order valence-electron chi connectivity index (χ1n) is 11.3. The lowest BCUT2D eigenvalue weighted by molar-refractivity contribution is -0.134. The second kappa shape index (κ2) is 10.3. The lowest BCUT2D eigenvalue weighted by Crippen LogP contribution is -2.38. The van der Waals surface area contributed by atoms with Crippen molar-refractivity contribution in [1.82, 2.24) is 14.8 Å². The molecular formula is C27H29N3O3. The number of aromatic nitrogens is 1. The minimum atomic E-state index is -0.310. The summed E-state index contributed by atoms with van der Waals surface area (Å²) in [6.07, 6.45) is 4.16. The van der Waals surface area contributed by atoms with Crippen molar-refractivity contribution < 1.29 is 14.3 Å². The molecule has 1 saturated heterocycles. The Labute approximate surface area is 194 Å². The summed E-state index contributed by atoms with van der Waals surface area (Å²) in [5.41, 5.74) is 3.69. The van der Waals surface area contributed by atoms with E-state index in [0.717, 1.165) is 16.7 Å². The molecule has 0 spiro atoms. The summed E-state index contributed by atoms with van der Waals surface area (Å²) in [4.78, 5) is 34.6. The molecule has 1 fully saturated rings. The first kappa shape index (κ1) is 22.5. The molecule has 4 rings (SSSR count). The van der Waals surface area contributed by atoms with E-state index < -0.39 is 0 Å². The third-order valence-corrected chi connectivity index (χ3v) is 6.15. The van der Waals surface area contributed by atoms with E-state index in [0.29, 0.717) is 43.9 Å². The van der Waals surface area contributed by atoms with Gasteiger partial charge in [-0.05, 0) is 48.2 Å². The quantitative estimate of drug-likeness (QED) is 0.579. The van der Waals surface area contributed by atoms with E-state index >= 15 is 0 Å². The molecule has 2 aromatic carbocycles. The average Bonchev–Trinajstić information content (AvgIpc) is 3.02. The highest BCUT2D eigenvalue weighted by atomic mass is 16.5. The predicted molar refractivity (Wildman–Crippen MR) is 128 cm³/mol. The van der Waals surface area contributed by atoms with Crippen molar-refractivity contribution in [3.63, 3.8) is 0 Å². The summed E-state index contributed by atoms with van der Waals surface area (Å²) in [7, 11) is 1.56. The van der Waals surface area contributed by atoms with E-state index in [4.69, 9.17) is 4.74 Å². The van der Waals surface area contributed by atoms with Gasteiger partial charge in [0.25, 0.3) is 5.91 Å². The number of benzene rings is 2. The molecule has 1 unspecified atom stereocenters. The van der Waals surface area contributed by atoms with Gasteiger partial charge in [0.05, 0.1) is 18.6 Å². The number of amides is 2. The van der Waals surface area contributed by atoms with Crippen LogP contribution >= 0.6 is 0 Å². The van der Waals surface area contributed by atoms with Gasteiger partial charge >= 0.3 is 0 Å². The standard InChI is InChI=1S/C27H29N3O3/c1-3-29-14-15-30(27(32)24-11-4-5-12-25(24)33-2)19-23(26(29)31)17-20-8-6-9-21(16-20)22-10-7-13-28-18-22/h4-13,16,18,23H,3,14-15,17,19H2,1-2H3. The van der Waals surface area contributed by atoms with Gasteiger partial charge in [-0.2, -0.15) is 0 Å². The van der Waals surface area contributed by atoms with Crippen LogP contribution in [0.3, 0.4) is 0 Å². The first-order valence-corrected chi connectivity index (χ1v) is 11.3. The average molecular weight is 444 g/mol. The van der Waals surface area contributed by atoms with Gasteiger partial charge in [0.2, 0.25) is 5.91 Å². The van der Waals surface area contributed by atoms with Crippen molar-refractivity contribution in [3.05, 3.63) is 84.2 Å². The Morgan fingerprint density at radius 1 is 1.06 bits per heavy atom. The van der Waals surface area contributed by atoms with Crippen LogP contribution in [0.4, 0.5) is 0 Å². The van der Waals surface area contributed by atoms with Gasteiger partial charge in [-0.15, -0.1) is 0 Å². The van der Waals surface area contributed by atoms with Crippen LogP contribution in [0.5, 0.6) is 5.75 Å². The van der Waals surface area contributed by atoms with Crippen LogP contribution < -0.4 is 4.74 Å². The van der Waals surface area contributed by atoms with Gasteiger partial charge in [0, 0.05) is 38.6 Å². The molecule has 2 heterocycles. The number of para-hydroxylation sites is 1. The number of likely N-dealkylation sites (N-methyl/N-ethyl adjacent to an activating group) is 1. The molecule has 170 valence electrons. The molecular weight excluding hydrogens is 414 g/mol. The minimum absolute atomic E-state index is 0.0969. The third kappa shape index (κ3) is 5.06. The Kier molecular flexibility index (Phi) is 7.03. The van der Waals surface area contributed by atoms with E-state index in [1.807, 2.05) is 60.5 Å². The summed E-state index contributed by atoms with van der Waals surface area (Å²) in [5.74, 6) is 0.230. The Morgan fingerprint density at radius 3 is 2.64 bits per heavy atom. The topological polar surface area (TPSA) is 62.7 Å². The molecule has 33 heavy (non-hydrogen) atoms. The zero-order valence-corrected chi connectivity index (χ0v) is 19.1. The molecule has 1 aliphatic heterocycles. The molecule has 1 aromatic heterocycles. The highest BCUT2D eigenvalue weighted by Gasteiger charge is 2.32. The first-order chi connectivity index (χ1) is 16.1. The molecule has 0 bridgehead atoms. The number of ether oxygens (including phenoxy) is 1. The number of pyridine rings is 1. The van der Waals surface area contributed by atoms with Crippen molar-refractivity contribution in [2.45, 2.75) is 13.3 Å². The van der Waals surface area contributed by atoms with Crippen molar-refractivity contribution >= 4 is 11.8 Å². The zero-order valence-electron chi connectivity index (χ0n) is 19.1. The minimum Gasteiger partial charge on any atom is -0.496 e. The summed E-state index contributed by atoms with van der Waals surface area (Å²) in [5, 5.41) is 0. The number of nitrogens with zero attached hydrogens (tertiary/aromatic N) is 3. The maximum absolute atomic E-state index is 13.4. The largest absolute Gasteiger partial charge is 0.496 e. The van der Waals surface area contributed by atoms with Crippen molar-refractivity contribution in [3.8, 4) is 16.9 Å². The fraction of sp³-hybridized carbons (Fsp3) is 0.296. The van der Waals surface area contributed by atoms with Crippen LogP contribution in [0.25, 0.3) is 11.1 Å². The summed E-state index contributed by atoms with van der Waals surface area (Å²) >= 11 is 0. The second-order valence-corrected chi connectivity index (χ2v) is 8.21. The van der Waals surface area contributed by atoms with Crippen molar-refractivity contribution in [1.29, 1.82) is 0 Å². The summed E-state index contributed by atoms with van der Waals surface area (Å²) < 4.78 is 5.40. The molecule has 1 atom stereocenters. The number of hydrogen-bond donors (Lipinski definition) is 0. The third-order valence-electron chi connectivity index (χ3n) is 6.15. The number of rotatable bonds is 6. The number of carbonyl (C=O) groups excluding carboxylic acids is 2. The molecule has 0 radical (unpaired) electrons. The van der Waals surface area contributed by atoms with E-state index in [1.54, 1.807) is 30.3 Å².